The van der Waals surface area contributed by atoms with E-state index in [9.17, 15) is 24.1 Å². The van der Waals surface area contributed by atoms with Crippen molar-refractivity contribution in [2.45, 2.75) is 24.2 Å². The fraction of sp³-hybridized carbons (Fsp3) is 0.556. The predicted molar refractivity (Wildman–Crippen MR) is 72.6 cm³/mol. The Morgan fingerprint density at radius 2 is 2.00 bits per heavy atom. The van der Waals surface area contributed by atoms with E-state index in [0.717, 1.165) is 0 Å². The molecule has 0 saturated carbocycles. The molecule has 7 aliphatic rings. The van der Waals surface area contributed by atoms with Crippen molar-refractivity contribution in [3.8, 4) is 11.6 Å². The van der Waals surface area contributed by atoms with Crippen molar-refractivity contribution < 1.29 is 56.5 Å². The molecule has 18 heteroatoms. The van der Waals surface area contributed by atoms with Crippen LogP contribution in [0.2, 0.25) is 0 Å². The van der Waals surface area contributed by atoms with Crippen LogP contribution in [0.25, 0.3) is 0 Å². The molecule has 8 heterocycles. The minimum Gasteiger partial charge on any atom is -0.394 e. The Kier molecular flexibility index (Phi) is 2.85. The quantitative estimate of drug-likeness (QED) is 0.404. The van der Waals surface area contributed by atoms with Gasteiger partial charge in [0.05, 0.1) is 6.61 Å². The van der Waals surface area contributed by atoms with E-state index in [4.69, 9.17) is 37.1 Å². The van der Waals surface area contributed by atoms with Crippen molar-refractivity contribution in [2.24, 2.45) is 0 Å². The number of anilines is 1. The zero-order valence-corrected chi connectivity index (χ0v) is 14.3. The Bertz CT molecular complexity index is 1030. The molecule has 146 valence electrons. The largest absolute Gasteiger partial charge is 0.617 e. The molecule has 1 aromatic heterocycles. The molecule has 2 saturated heterocycles. The average molecular weight is 427 g/mol. The van der Waals surface area contributed by atoms with E-state index in [1.165, 1.54) is 0 Å². The third kappa shape index (κ3) is 1.90. The van der Waals surface area contributed by atoms with Gasteiger partial charge in [-0.1, -0.05) is 5.23 Å². The number of aliphatic hydroxyl groups is 2. The first kappa shape index (κ1) is 16.4. The van der Waals surface area contributed by atoms with Crippen LogP contribution in [-0.2, 0) is 37.2 Å². The van der Waals surface area contributed by atoms with Gasteiger partial charge in [-0.15, -0.1) is 13.9 Å². The minimum atomic E-state index is -4.48. The van der Waals surface area contributed by atoms with Crippen LogP contribution in [0.5, 0.6) is 11.6 Å². The van der Waals surface area contributed by atoms with E-state index in [2.05, 4.69) is 4.98 Å². The minimum absolute atomic E-state index is 0.408. The zero-order chi connectivity index (χ0) is 18.8. The molecule has 8 rings (SSSR count). The molecule has 2 N–H and O–H groups in total. The van der Waals surface area contributed by atoms with Gasteiger partial charge in [0.2, 0.25) is 11.6 Å². The van der Waals surface area contributed by atoms with E-state index < -0.39 is 69.6 Å². The van der Waals surface area contributed by atoms with Gasteiger partial charge in [-0.25, -0.2) is 27.9 Å². The summed E-state index contributed by atoms with van der Waals surface area (Å²) in [5, 5.41) is 21.0. The smallest absolute Gasteiger partial charge is 0.394 e. The van der Waals surface area contributed by atoms with Gasteiger partial charge in [0.25, 0.3) is 11.7 Å². The Hall–Kier alpha value is -1.58. The average Bonchev–Trinajstić information content (AvgIpc) is 3.05. The van der Waals surface area contributed by atoms with Gasteiger partial charge >= 0.3 is 21.3 Å². The van der Waals surface area contributed by atoms with Crippen LogP contribution in [0, 0.1) is 0 Å². The van der Waals surface area contributed by atoms with Gasteiger partial charge in [-0.3, -0.25) is 0 Å². The lowest BCUT2D eigenvalue weighted by Crippen LogP contribution is -2.54. The Morgan fingerprint density at radius 3 is 2.74 bits per heavy atom. The van der Waals surface area contributed by atoms with Crippen LogP contribution in [-0.4, -0.2) is 44.4 Å². The fourth-order valence-corrected chi connectivity index (χ4v) is 5.39. The van der Waals surface area contributed by atoms with E-state index in [0.29, 0.717) is 9.79 Å². The lowest BCUT2D eigenvalue weighted by molar-refractivity contribution is -0.337. The maximum absolute atomic E-state index is 12.6. The highest BCUT2D eigenvalue weighted by Gasteiger charge is 2.69. The molecule has 2 fully saturated rings. The van der Waals surface area contributed by atoms with Gasteiger partial charge in [0.1, 0.15) is 6.10 Å². The molecule has 1 aromatic rings. The van der Waals surface area contributed by atoms with Crippen LogP contribution in [0.1, 0.15) is 6.23 Å². The van der Waals surface area contributed by atoms with Crippen molar-refractivity contribution in [1.29, 1.82) is 0 Å². The number of rotatable bonds is 1. The highest BCUT2D eigenvalue weighted by atomic mass is 31.2. The Morgan fingerprint density at radius 1 is 1.22 bits per heavy atom. The number of phosphoric acid groups is 2. The number of aromatic nitrogens is 2. The molecule has 0 amide bonds. The standard InChI is InChI=1S/C9H7N3O13P2/c13-1-2-4-9(15)7(18-2)11-6-3(20-26(16,21-6)25-19-4)5(10-8(11)14)12-23-27(17,22-9)24-12/h2,4,7,13,15H,1H2/t2-,4+,7?,9-,26?/m1/s1. The molecule has 0 aromatic carbocycles. The van der Waals surface area contributed by atoms with Crippen molar-refractivity contribution >= 4 is 21.5 Å². The molecule has 0 spiro atoms. The topological polar surface area (TPSA) is 187 Å². The molecule has 0 radical (unpaired) electrons. The molecule has 27 heavy (non-hydrogen) atoms. The summed E-state index contributed by atoms with van der Waals surface area (Å²) in [6.45, 7) is -0.761. The summed E-state index contributed by atoms with van der Waals surface area (Å²) in [4.78, 5) is 21.1. The summed E-state index contributed by atoms with van der Waals surface area (Å²) >= 11 is 0. The first-order chi connectivity index (χ1) is 12.8. The number of aliphatic hydroxyl groups excluding tert-OH is 1. The third-order valence-electron chi connectivity index (χ3n) is 4.26. The van der Waals surface area contributed by atoms with Gasteiger partial charge in [-0.2, -0.15) is 4.98 Å². The molecule has 0 aliphatic carbocycles. The molecule has 5 atom stereocenters. The first-order valence-electron chi connectivity index (χ1n) is 7.25. The number of phosphoric ester groups is 1. The summed E-state index contributed by atoms with van der Waals surface area (Å²) in [5.74, 6) is -4.26. The van der Waals surface area contributed by atoms with E-state index in [1.54, 1.807) is 0 Å². The molecule has 2 unspecified atom stereocenters. The van der Waals surface area contributed by atoms with Crippen molar-refractivity contribution in [3.63, 3.8) is 0 Å². The van der Waals surface area contributed by atoms with Crippen LogP contribution < -0.4 is 20.0 Å². The molecule has 7 aliphatic heterocycles. The second kappa shape index (κ2) is 4.69. The maximum Gasteiger partial charge on any atom is 0.617 e. The van der Waals surface area contributed by atoms with Crippen LogP contribution in [0.4, 0.5) is 5.82 Å². The molecule has 16 nitrogen and oxygen atoms in total. The van der Waals surface area contributed by atoms with Gasteiger partial charge in [-0.05, 0) is 0 Å². The Balaban J connectivity index is 1.72. The summed E-state index contributed by atoms with van der Waals surface area (Å²) in [6.07, 6.45) is -5.00. The van der Waals surface area contributed by atoms with Crippen molar-refractivity contribution in [1.82, 2.24) is 9.55 Å². The van der Waals surface area contributed by atoms with Gasteiger partial charge in [0, 0.05) is 0 Å². The molecule has 9 bridgehead atoms. The fourth-order valence-electron chi connectivity index (χ4n) is 3.18. The number of hydrogen-bond acceptors (Lipinski definition) is 15. The molecular formula is C9H7N3O13P2. The second-order valence-electron chi connectivity index (χ2n) is 5.86. The Labute approximate surface area is 146 Å². The summed E-state index contributed by atoms with van der Waals surface area (Å²) in [6, 6.07) is 0. The van der Waals surface area contributed by atoms with Gasteiger partial charge in [0.15, 0.2) is 12.3 Å². The number of hydrogen-bond donors (Lipinski definition) is 2. The van der Waals surface area contributed by atoms with E-state index in [-0.39, 0.29) is 0 Å². The lowest BCUT2D eigenvalue weighted by Gasteiger charge is -2.41. The molecular weight excluding hydrogens is 420 g/mol. The van der Waals surface area contributed by atoms with Gasteiger partial charge < -0.3 is 24.0 Å². The van der Waals surface area contributed by atoms with Crippen molar-refractivity contribution in [3.05, 3.63) is 10.5 Å². The second-order valence-corrected chi connectivity index (χ2v) is 8.68. The number of fused-ring (bicyclic) bond motifs is 1. The third-order valence-corrected chi connectivity index (χ3v) is 6.54. The number of nitrogens with zero attached hydrogens (tertiary/aromatic N) is 3. The van der Waals surface area contributed by atoms with E-state index in [1.807, 2.05) is 0 Å². The monoisotopic (exact) mass is 427 g/mol. The highest BCUT2D eigenvalue weighted by Crippen LogP contribution is 2.70. The van der Waals surface area contributed by atoms with E-state index >= 15 is 0 Å². The lowest BCUT2D eigenvalue weighted by atomic mass is 10.1. The number of ether oxygens (including phenoxy) is 1. The first-order valence-corrected chi connectivity index (χ1v) is 10.2. The summed E-state index contributed by atoms with van der Waals surface area (Å²) in [7, 11) is -8.88. The van der Waals surface area contributed by atoms with Crippen LogP contribution in [0.15, 0.2) is 4.79 Å². The van der Waals surface area contributed by atoms with Crippen molar-refractivity contribution in [2.75, 3.05) is 11.8 Å². The summed E-state index contributed by atoms with van der Waals surface area (Å²) in [5.41, 5.74) is -1.09. The van der Waals surface area contributed by atoms with Crippen LogP contribution in [0.3, 0.4) is 0 Å². The SMILES string of the molecule is O=c1nc2c3c4n1C1O[C@H](CO)[C@H](OOP(=O)(O3)O4)[C@@]1(O)OP1(=O)ON2O1. The zero-order valence-electron chi connectivity index (χ0n) is 12.6. The van der Waals surface area contributed by atoms with Crippen LogP contribution >= 0.6 is 15.6 Å². The summed E-state index contributed by atoms with van der Waals surface area (Å²) < 4.78 is 60.9. The maximum atomic E-state index is 12.6. The highest BCUT2D eigenvalue weighted by molar-refractivity contribution is 7.50. The predicted octanol–water partition coefficient (Wildman–Crippen LogP) is -1.15. The normalized spacial score (nSPS) is 45.7.